The molecule has 102 valence electrons. The van der Waals surface area contributed by atoms with E-state index in [1.54, 1.807) is 13.0 Å². The van der Waals surface area contributed by atoms with Crippen molar-refractivity contribution in [3.8, 4) is 0 Å². The minimum Gasteiger partial charge on any atom is -0.481 e. The molecular weight excluding hydrogens is 250 g/mol. The fourth-order valence-electron chi connectivity index (χ4n) is 1.79. The molecule has 0 saturated carbocycles. The van der Waals surface area contributed by atoms with E-state index in [0.717, 1.165) is 6.08 Å². The number of carboxylic acid groups (broad SMARTS) is 1. The SMILES string of the molecule is C=CC(=O)NOC1(C(C)=O)C=C(C)C=CC1C(=O)O. The van der Waals surface area contributed by atoms with Crippen molar-refractivity contribution in [1.29, 1.82) is 0 Å². The van der Waals surface area contributed by atoms with Crippen molar-refractivity contribution in [2.45, 2.75) is 19.4 Å². The maximum atomic E-state index is 11.8. The van der Waals surface area contributed by atoms with Crippen molar-refractivity contribution in [2.75, 3.05) is 0 Å². The molecule has 1 rings (SSSR count). The van der Waals surface area contributed by atoms with E-state index in [9.17, 15) is 19.5 Å². The quantitative estimate of drug-likeness (QED) is 0.565. The van der Waals surface area contributed by atoms with Gasteiger partial charge in [-0.05, 0) is 26.0 Å². The van der Waals surface area contributed by atoms with Crippen molar-refractivity contribution in [1.82, 2.24) is 5.48 Å². The number of ketones is 1. The maximum absolute atomic E-state index is 11.8. The van der Waals surface area contributed by atoms with Crippen LogP contribution < -0.4 is 5.48 Å². The van der Waals surface area contributed by atoms with Gasteiger partial charge in [0, 0.05) is 0 Å². The highest BCUT2D eigenvalue weighted by Crippen LogP contribution is 2.31. The van der Waals surface area contributed by atoms with Crippen molar-refractivity contribution in [2.24, 2.45) is 5.92 Å². The molecule has 0 aromatic rings. The van der Waals surface area contributed by atoms with Gasteiger partial charge in [0.05, 0.1) is 0 Å². The van der Waals surface area contributed by atoms with E-state index >= 15 is 0 Å². The van der Waals surface area contributed by atoms with Gasteiger partial charge in [-0.15, -0.1) is 0 Å². The van der Waals surface area contributed by atoms with Gasteiger partial charge < -0.3 is 5.11 Å². The Morgan fingerprint density at radius 3 is 2.63 bits per heavy atom. The molecule has 0 aliphatic heterocycles. The molecule has 6 nitrogen and oxygen atoms in total. The lowest BCUT2D eigenvalue weighted by Crippen LogP contribution is -2.53. The maximum Gasteiger partial charge on any atom is 0.314 e. The second-order valence-corrected chi connectivity index (χ2v) is 4.19. The Morgan fingerprint density at radius 1 is 1.53 bits per heavy atom. The number of carbonyl (C=O) groups is 3. The highest BCUT2D eigenvalue weighted by molar-refractivity contribution is 5.95. The summed E-state index contributed by atoms with van der Waals surface area (Å²) < 4.78 is 0. The number of aliphatic carboxylic acids is 1. The highest BCUT2D eigenvalue weighted by atomic mass is 16.7. The number of allylic oxidation sites excluding steroid dienone is 2. The van der Waals surface area contributed by atoms with E-state index in [1.807, 2.05) is 5.48 Å². The predicted molar refractivity (Wildman–Crippen MR) is 66.9 cm³/mol. The molecule has 2 N–H and O–H groups in total. The van der Waals surface area contributed by atoms with Crippen LogP contribution in [0.15, 0.2) is 36.5 Å². The molecule has 0 fully saturated rings. The zero-order valence-electron chi connectivity index (χ0n) is 10.7. The Balaban J connectivity index is 3.16. The number of Topliss-reactive ketones (excluding diaryl/α,β-unsaturated/α-hetero) is 1. The number of hydrogen-bond donors (Lipinski definition) is 2. The zero-order valence-corrected chi connectivity index (χ0v) is 10.7. The summed E-state index contributed by atoms with van der Waals surface area (Å²) in [5.74, 6) is -3.61. The molecule has 0 aromatic carbocycles. The minimum atomic E-state index is -1.75. The smallest absolute Gasteiger partial charge is 0.314 e. The Kier molecular flexibility index (Phi) is 4.39. The van der Waals surface area contributed by atoms with Gasteiger partial charge in [0.2, 0.25) is 0 Å². The Hall–Kier alpha value is -2.21. The molecule has 1 aliphatic carbocycles. The molecule has 2 atom stereocenters. The zero-order chi connectivity index (χ0) is 14.6. The van der Waals surface area contributed by atoms with Gasteiger partial charge in [-0.1, -0.05) is 24.3 Å². The molecule has 0 heterocycles. The van der Waals surface area contributed by atoms with Crippen LogP contribution in [0.1, 0.15) is 13.8 Å². The van der Waals surface area contributed by atoms with Gasteiger partial charge in [-0.25, -0.2) is 5.48 Å². The summed E-state index contributed by atoms with van der Waals surface area (Å²) in [4.78, 5) is 39.3. The van der Waals surface area contributed by atoms with Crippen LogP contribution in [-0.2, 0) is 19.2 Å². The van der Waals surface area contributed by atoms with E-state index in [2.05, 4.69) is 6.58 Å². The molecule has 0 bridgehead atoms. The lowest BCUT2D eigenvalue weighted by atomic mass is 9.79. The first-order valence-electron chi connectivity index (χ1n) is 5.55. The summed E-state index contributed by atoms with van der Waals surface area (Å²) >= 11 is 0. The molecule has 0 saturated heterocycles. The summed E-state index contributed by atoms with van der Waals surface area (Å²) in [6.45, 7) is 6.14. The molecule has 6 heteroatoms. The molecule has 0 aromatic heterocycles. The van der Waals surface area contributed by atoms with Crippen molar-refractivity contribution in [3.63, 3.8) is 0 Å². The van der Waals surface area contributed by atoms with Gasteiger partial charge in [-0.2, -0.15) is 0 Å². The van der Waals surface area contributed by atoms with Gasteiger partial charge in [0.25, 0.3) is 5.91 Å². The van der Waals surface area contributed by atoms with E-state index in [4.69, 9.17) is 4.84 Å². The Labute approximate surface area is 110 Å². The van der Waals surface area contributed by atoms with Crippen molar-refractivity contribution < 1.29 is 24.3 Å². The van der Waals surface area contributed by atoms with Gasteiger partial charge in [-0.3, -0.25) is 19.2 Å². The molecule has 1 aliphatic rings. The summed E-state index contributed by atoms with van der Waals surface area (Å²) in [6, 6.07) is 0. The molecule has 1 amide bonds. The Morgan fingerprint density at radius 2 is 2.16 bits per heavy atom. The van der Waals surface area contributed by atoms with E-state index < -0.39 is 29.2 Å². The number of nitrogens with one attached hydrogen (secondary N) is 1. The van der Waals surface area contributed by atoms with Crippen molar-refractivity contribution >= 4 is 17.7 Å². The third-order valence-corrected chi connectivity index (χ3v) is 2.78. The van der Waals surface area contributed by atoms with Crippen LogP contribution in [-0.4, -0.2) is 28.4 Å². The molecular formula is C13H15NO5. The van der Waals surface area contributed by atoms with E-state index in [0.29, 0.717) is 5.57 Å². The van der Waals surface area contributed by atoms with Gasteiger partial charge in [0.15, 0.2) is 11.4 Å². The van der Waals surface area contributed by atoms with Crippen LogP contribution in [0.4, 0.5) is 0 Å². The predicted octanol–water partition coefficient (Wildman–Crippen LogP) is 0.765. The monoisotopic (exact) mass is 265 g/mol. The molecule has 0 radical (unpaired) electrons. The number of hydroxylamine groups is 1. The number of carboxylic acids is 1. The molecule has 2 unspecified atom stereocenters. The summed E-state index contributed by atoms with van der Waals surface area (Å²) in [5.41, 5.74) is 0.930. The molecule has 0 spiro atoms. The Bertz CT molecular complexity index is 491. The molecule has 19 heavy (non-hydrogen) atoms. The average molecular weight is 265 g/mol. The number of carbonyl (C=O) groups excluding carboxylic acids is 2. The first kappa shape index (κ1) is 14.8. The lowest BCUT2D eigenvalue weighted by molar-refractivity contribution is -0.170. The lowest BCUT2D eigenvalue weighted by Gasteiger charge is -2.33. The second-order valence-electron chi connectivity index (χ2n) is 4.19. The fraction of sp³-hybridized carbons (Fsp3) is 0.308. The normalized spacial score (nSPS) is 25.4. The van der Waals surface area contributed by atoms with Crippen LogP contribution in [0.3, 0.4) is 0 Å². The first-order chi connectivity index (χ1) is 8.83. The van der Waals surface area contributed by atoms with E-state index in [1.165, 1.54) is 19.1 Å². The standard InChI is InChI=1S/C13H15NO5/c1-4-11(16)14-19-13(9(3)15)7-8(2)5-6-10(13)12(17)18/h4-7,10H,1H2,2-3H3,(H,14,16)(H,17,18). The number of rotatable bonds is 5. The minimum absolute atomic E-state index is 0.520. The topological polar surface area (TPSA) is 92.7 Å². The van der Waals surface area contributed by atoms with Crippen LogP contribution in [0.5, 0.6) is 0 Å². The van der Waals surface area contributed by atoms with Gasteiger partial charge >= 0.3 is 5.97 Å². The van der Waals surface area contributed by atoms with Crippen molar-refractivity contribution in [3.05, 3.63) is 36.5 Å². The van der Waals surface area contributed by atoms with Crippen LogP contribution in [0.2, 0.25) is 0 Å². The number of amides is 1. The average Bonchev–Trinajstić information content (AvgIpc) is 2.35. The van der Waals surface area contributed by atoms with Crippen LogP contribution in [0, 0.1) is 5.92 Å². The van der Waals surface area contributed by atoms with Crippen LogP contribution >= 0.6 is 0 Å². The third kappa shape index (κ3) is 2.97. The van der Waals surface area contributed by atoms with E-state index in [-0.39, 0.29) is 0 Å². The number of hydrogen-bond acceptors (Lipinski definition) is 4. The first-order valence-corrected chi connectivity index (χ1v) is 5.55. The second kappa shape index (κ2) is 5.62. The fourth-order valence-corrected chi connectivity index (χ4v) is 1.79. The van der Waals surface area contributed by atoms with Gasteiger partial charge in [0.1, 0.15) is 5.92 Å². The highest BCUT2D eigenvalue weighted by Gasteiger charge is 2.48. The summed E-state index contributed by atoms with van der Waals surface area (Å²) in [7, 11) is 0. The van der Waals surface area contributed by atoms with Crippen LogP contribution in [0.25, 0.3) is 0 Å². The summed E-state index contributed by atoms with van der Waals surface area (Å²) in [5, 5.41) is 9.19. The summed E-state index contributed by atoms with van der Waals surface area (Å²) in [6.07, 6.45) is 5.29. The third-order valence-electron chi connectivity index (χ3n) is 2.78. The largest absolute Gasteiger partial charge is 0.481 e.